The van der Waals surface area contributed by atoms with Crippen molar-refractivity contribution < 1.29 is 23.5 Å². The van der Waals surface area contributed by atoms with Gasteiger partial charge in [0.1, 0.15) is 17.0 Å². The molecule has 2 N–H and O–H groups in total. The number of rotatable bonds is 7. The molecular weight excluding hydrogens is 460 g/mol. The van der Waals surface area contributed by atoms with E-state index >= 15 is 0 Å². The van der Waals surface area contributed by atoms with Crippen molar-refractivity contribution in [2.75, 3.05) is 19.1 Å². The molecule has 1 unspecified atom stereocenters. The zero-order chi connectivity index (χ0) is 25.8. The van der Waals surface area contributed by atoms with Gasteiger partial charge in [0.25, 0.3) is 0 Å². The monoisotopic (exact) mass is 486 g/mol. The summed E-state index contributed by atoms with van der Waals surface area (Å²) in [6.07, 6.45) is 2.64. The van der Waals surface area contributed by atoms with E-state index in [2.05, 4.69) is 18.0 Å². The van der Waals surface area contributed by atoms with Gasteiger partial charge in [-0.25, -0.2) is 14.6 Å². The normalized spacial score (nSPS) is 15.7. The first-order valence-electron chi connectivity index (χ1n) is 11.5. The lowest BCUT2D eigenvalue weighted by Crippen LogP contribution is -2.40. The van der Waals surface area contributed by atoms with Crippen LogP contribution in [0.3, 0.4) is 0 Å². The number of nitrogens with two attached hydrogens (primary N) is 1. The van der Waals surface area contributed by atoms with Crippen LogP contribution in [0.1, 0.15) is 37.1 Å². The minimum Gasteiger partial charge on any atom is -0.466 e. The van der Waals surface area contributed by atoms with Gasteiger partial charge < -0.3 is 19.6 Å². The van der Waals surface area contributed by atoms with Gasteiger partial charge in [0.15, 0.2) is 11.5 Å². The molecule has 0 amide bonds. The Kier molecular flexibility index (Phi) is 7.06. The average molecular weight is 487 g/mol. The average Bonchev–Trinajstić information content (AvgIpc) is 3.32. The van der Waals surface area contributed by atoms with Crippen molar-refractivity contribution in [3.05, 3.63) is 82.6 Å². The van der Waals surface area contributed by atoms with Crippen LogP contribution in [0.25, 0.3) is 11.1 Å². The van der Waals surface area contributed by atoms with E-state index in [-0.39, 0.29) is 22.7 Å². The summed E-state index contributed by atoms with van der Waals surface area (Å²) in [5, 5.41) is 10.1. The Balaban J connectivity index is 1.97. The number of hydrogen-bond acceptors (Lipinski definition) is 9. The number of allylic oxidation sites excluding steroid dienone is 1. The lowest BCUT2D eigenvalue weighted by molar-refractivity contribution is -0.139. The number of nitrogens with zero attached hydrogens (tertiary/aromatic N) is 3. The van der Waals surface area contributed by atoms with E-state index in [0.29, 0.717) is 34.7 Å². The number of carbonyl (C=O) groups excluding carboxylic acids is 2. The fraction of sp³-hybridized carbons (Fsp3) is 0.259. The highest BCUT2D eigenvalue weighted by Crippen LogP contribution is 2.43. The number of aromatic nitrogens is 1. The first-order valence-corrected chi connectivity index (χ1v) is 11.5. The molecule has 1 atom stereocenters. The Labute approximate surface area is 208 Å². The molecule has 0 saturated carbocycles. The molecule has 3 aromatic rings. The number of aryl methyl sites for hydroxylation is 1. The smallest absolute Gasteiger partial charge is 0.355 e. The predicted molar refractivity (Wildman–Crippen MR) is 132 cm³/mol. The largest absolute Gasteiger partial charge is 0.466 e. The summed E-state index contributed by atoms with van der Waals surface area (Å²) in [6, 6.07) is 16.1. The molecule has 2 aromatic carbocycles. The second-order valence-electron chi connectivity index (χ2n) is 8.20. The minimum atomic E-state index is -0.927. The Morgan fingerprint density at radius 2 is 1.86 bits per heavy atom. The third-order valence-electron chi connectivity index (χ3n) is 6.03. The van der Waals surface area contributed by atoms with Crippen LogP contribution >= 0.6 is 0 Å². The quantitative estimate of drug-likeness (QED) is 0.491. The number of esters is 2. The van der Waals surface area contributed by atoms with Crippen LogP contribution in [0, 0.1) is 11.3 Å². The fourth-order valence-corrected chi connectivity index (χ4v) is 4.32. The Morgan fingerprint density at radius 3 is 2.50 bits per heavy atom. The summed E-state index contributed by atoms with van der Waals surface area (Å²) < 4.78 is 16.0. The summed E-state index contributed by atoms with van der Waals surface area (Å²) in [5.41, 5.74) is 8.57. The van der Waals surface area contributed by atoms with E-state index in [1.807, 2.05) is 6.07 Å². The number of carbonyl (C=O) groups is 2. The molecule has 0 aliphatic carbocycles. The SMILES string of the molecule is CCCCc1nc2ccc(N3C(N)=C(C#N)C(c4ccccc4)C(C(=O)OC)=C3C(=O)OC)cc2o1. The van der Waals surface area contributed by atoms with E-state index in [9.17, 15) is 14.9 Å². The maximum atomic E-state index is 13.2. The second-order valence-corrected chi connectivity index (χ2v) is 8.20. The van der Waals surface area contributed by atoms with Crippen LogP contribution in [-0.2, 0) is 25.5 Å². The number of benzene rings is 2. The first-order chi connectivity index (χ1) is 17.4. The summed E-state index contributed by atoms with van der Waals surface area (Å²) in [7, 11) is 2.42. The molecule has 9 heteroatoms. The molecule has 36 heavy (non-hydrogen) atoms. The zero-order valence-electron chi connectivity index (χ0n) is 20.3. The van der Waals surface area contributed by atoms with Crippen LogP contribution in [-0.4, -0.2) is 31.1 Å². The van der Waals surface area contributed by atoms with Gasteiger partial charge >= 0.3 is 11.9 Å². The van der Waals surface area contributed by atoms with Gasteiger partial charge in [-0.1, -0.05) is 43.7 Å². The van der Waals surface area contributed by atoms with Crippen LogP contribution in [0.2, 0.25) is 0 Å². The molecule has 0 bridgehead atoms. The maximum absolute atomic E-state index is 13.2. The maximum Gasteiger partial charge on any atom is 0.355 e. The van der Waals surface area contributed by atoms with Gasteiger partial charge in [0.2, 0.25) is 0 Å². The lowest BCUT2D eigenvalue weighted by atomic mass is 9.81. The van der Waals surface area contributed by atoms with Crippen LogP contribution < -0.4 is 10.6 Å². The van der Waals surface area contributed by atoms with E-state index in [0.717, 1.165) is 12.8 Å². The van der Waals surface area contributed by atoms with Gasteiger partial charge in [0, 0.05) is 12.5 Å². The summed E-state index contributed by atoms with van der Waals surface area (Å²) in [6.45, 7) is 2.08. The third-order valence-corrected chi connectivity index (χ3v) is 6.03. The zero-order valence-corrected chi connectivity index (χ0v) is 20.3. The molecule has 0 saturated heterocycles. The Bertz CT molecular complexity index is 1410. The predicted octanol–water partition coefficient (Wildman–Crippen LogP) is 4.07. The summed E-state index contributed by atoms with van der Waals surface area (Å²) in [4.78, 5) is 32.1. The standard InChI is InChI=1S/C27H26N4O5/c1-4-5-11-21-30-19-13-12-17(14-20(19)36-21)31-24(27(33)35-3)23(26(32)34-2)22(18(15-28)25(31)29)16-9-7-6-8-10-16/h6-10,12-14,22H,4-5,11,29H2,1-3H3. The first kappa shape index (κ1) is 24.5. The summed E-state index contributed by atoms with van der Waals surface area (Å²) in [5.74, 6) is -1.92. The third kappa shape index (κ3) is 4.29. The van der Waals surface area contributed by atoms with Gasteiger partial charge in [-0.15, -0.1) is 0 Å². The van der Waals surface area contributed by atoms with Crippen LogP contribution in [0.15, 0.2) is 75.6 Å². The van der Waals surface area contributed by atoms with Crippen molar-refractivity contribution in [1.82, 2.24) is 4.98 Å². The molecule has 1 aromatic heterocycles. The number of hydrogen-bond donors (Lipinski definition) is 1. The molecule has 2 heterocycles. The topological polar surface area (TPSA) is 132 Å². The van der Waals surface area contributed by atoms with Gasteiger partial charge in [-0.05, 0) is 24.1 Å². The van der Waals surface area contributed by atoms with Crippen molar-refractivity contribution >= 4 is 28.7 Å². The van der Waals surface area contributed by atoms with E-state index in [4.69, 9.17) is 19.6 Å². The molecule has 0 radical (unpaired) electrons. The summed E-state index contributed by atoms with van der Waals surface area (Å²) >= 11 is 0. The highest BCUT2D eigenvalue weighted by atomic mass is 16.5. The van der Waals surface area contributed by atoms with Gasteiger partial charge in [-0.3, -0.25) is 4.90 Å². The number of nitriles is 1. The molecule has 1 aliphatic rings. The van der Waals surface area contributed by atoms with Crippen LogP contribution in [0.5, 0.6) is 0 Å². The van der Waals surface area contributed by atoms with E-state index < -0.39 is 17.9 Å². The number of anilines is 1. The molecule has 1 aliphatic heterocycles. The van der Waals surface area contributed by atoms with Crippen molar-refractivity contribution in [2.45, 2.75) is 32.1 Å². The fourth-order valence-electron chi connectivity index (χ4n) is 4.32. The Hall–Kier alpha value is -4.58. The number of unbranched alkanes of at least 4 members (excludes halogenated alkanes) is 1. The van der Waals surface area contributed by atoms with Gasteiger partial charge in [-0.2, -0.15) is 5.26 Å². The second kappa shape index (κ2) is 10.4. The molecule has 184 valence electrons. The molecule has 0 fully saturated rings. The lowest BCUT2D eigenvalue weighted by Gasteiger charge is -2.35. The van der Waals surface area contributed by atoms with Gasteiger partial charge in [0.05, 0.1) is 43.0 Å². The number of fused-ring (bicyclic) bond motifs is 1. The van der Waals surface area contributed by atoms with Crippen molar-refractivity contribution in [3.63, 3.8) is 0 Å². The molecule has 0 spiro atoms. The minimum absolute atomic E-state index is 0.00974. The molecular formula is C27H26N4O5. The number of oxazole rings is 1. The van der Waals surface area contributed by atoms with Crippen LogP contribution in [0.4, 0.5) is 5.69 Å². The molecule has 9 nitrogen and oxygen atoms in total. The van der Waals surface area contributed by atoms with E-state index in [1.165, 1.54) is 19.1 Å². The highest BCUT2D eigenvalue weighted by Gasteiger charge is 2.43. The Morgan fingerprint density at radius 1 is 1.14 bits per heavy atom. The highest BCUT2D eigenvalue weighted by molar-refractivity contribution is 6.06. The molecule has 4 rings (SSSR count). The van der Waals surface area contributed by atoms with Crippen molar-refractivity contribution in [3.8, 4) is 6.07 Å². The van der Waals surface area contributed by atoms with E-state index in [1.54, 1.807) is 42.5 Å². The number of methoxy groups -OCH3 is 2. The van der Waals surface area contributed by atoms with Crippen molar-refractivity contribution in [2.24, 2.45) is 5.73 Å². The number of ether oxygens (including phenoxy) is 2. The van der Waals surface area contributed by atoms with Crippen molar-refractivity contribution in [1.29, 1.82) is 5.26 Å².